The molecule has 0 spiro atoms. The van der Waals surface area contributed by atoms with Gasteiger partial charge in [-0.05, 0) is 38.1 Å². The average Bonchev–Trinajstić information content (AvgIpc) is 2.92. The van der Waals surface area contributed by atoms with Crippen molar-refractivity contribution in [3.8, 4) is 0 Å². The molecule has 1 atom stereocenters. The lowest BCUT2D eigenvalue weighted by Gasteiger charge is -2.18. The molecule has 7 heteroatoms. The number of nitrogens with zero attached hydrogens (tertiary/aromatic N) is 1. The van der Waals surface area contributed by atoms with Crippen LogP contribution in [0.1, 0.15) is 20.3 Å². The molecule has 3 amide bonds. The molecule has 0 aromatic heterocycles. The predicted molar refractivity (Wildman–Crippen MR) is 90.6 cm³/mol. The molecule has 6 nitrogen and oxygen atoms in total. The molecule has 0 radical (unpaired) electrons. The first-order valence-corrected chi connectivity index (χ1v) is 8.47. The average molecular weight is 337 g/mol. The predicted octanol–water partition coefficient (Wildman–Crippen LogP) is 0.155. The lowest BCUT2D eigenvalue weighted by Crippen LogP contribution is -3.12. The van der Waals surface area contributed by atoms with E-state index in [9.17, 15) is 14.0 Å². The summed E-state index contributed by atoms with van der Waals surface area (Å²) in [6, 6.07) is 5.31. The van der Waals surface area contributed by atoms with Crippen LogP contribution >= 0.6 is 0 Å². The lowest BCUT2D eigenvalue weighted by molar-refractivity contribution is -0.895. The minimum absolute atomic E-state index is 0.0699. The molecule has 1 fully saturated rings. The van der Waals surface area contributed by atoms with E-state index in [4.69, 9.17) is 0 Å². The van der Waals surface area contributed by atoms with Crippen LogP contribution in [0.15, 0.2) is 24.3 Å². The number of urea groups is 1. The fraction of sp³-hybridized carbons (Fsp3) is 0.529. The van der Waals surface area contributed by atoms with Crippen molar-refractivity contribution in [2.24, 2.45) is 0 Å². The van der Waals surface area contributed by atoms with Crippen molar-refractivity contribution in [2.45, 2.75) is 26.3 Å². The summed E-state index contributed by atoms with van der Waals surface area (Å²) >= 11 is 0. The highest BCUT2D eigenvalue weighted by Crippen LogP contribution is 2.21. The number of rotatable bonds is 7. The van der Waals surface area contributed by atoms with E-state index < -0.39 is 0 Å². The molecular weight excluding hydrogens is 311 g/mol. The number of hydrogen-bond donors (Lipinski definition) is 3. The molecule has 3 N–H and O–H groups in total. The Kier molecular flexibility index (Phi) is 6.54. The van der Waals surface area contributed by atoms with Crippen LogP contribution in [0.25, 0.3) is 0 Å². The maximum Gasteiger partial charge on any atom is 0.315 e. The standard InChI is InChI=1S/C17H25FN4O2/c1-3-21(4-2)10-9-19-17(24)20-14-11-16(23)22(12-14)15-7-5-13(18)6-8-15/h5-8,14H,3-4,9-12H2,1-2H3,(H2,19,20,24)/p+1/t14-/m0/s1. The zero-order valence-corrected chi connectivity index (χ0v) is 14.3. The lowest BCUT2D eigenvalue weighted by atomic mass is 10.2. The first-order valence-electron chi connectivity index (χ1n) is 8.47. The number of nitrogens with one attached hydrogen (secondary N) is 3. The van der Waals surface area contributed by atoms with E-state index in [1.54, 1.807) is 17.0 Å². The van der Waals surface area contributed by atoms with Gasteiger partial charge in [0.15, 0.2) is 0 Å². The van der Waals surface area contributed by atoms with Gasteiger partial charge in [-0.1, -0.05) is 0 Å². The Bertz CT molecular complexity index is 560. The summed E-state index contributed by atoms with van der Waals surface area (Å²) in [7, 11) is 0. The minimum atomic E-state index is -0.338. The SMILES string of the molecule is CC[NH+](CC)CCNC(=O)N[C@H]1CC(=O)N(c2ccc(F)cc2)C1. The molecule has 1 aliphatic heterocycles. The van der Waals surface area contributed by atoms with Crippen molar-refractivity contribution < 1.29 is 18.9 Å². The first-order chi connectivity index (χ1) is 11.5. The number of likely N-dealkylation sites (N-methyl/N-ethyl adjacent to an activating group) is 1. The summed E-state index contributed by atoms with van der Waals surface area (Å²) in [6.45, 7) is 8.18. The zero-order chi connectivity index (χ0) is 17.5. The summed E-state index contributed by atoms with van der Waals surface area (Å²) < 4.78 is 13.0. The highest BCUT2D eigenvalue weighted by molar-refractivity contribution is 5.96. The van der Waals surface area contributed by atoms with E-state index in [1.807, 2.05) is 0 Å². The Morgan fingerprint density at radius 2 is 1.96 bits per heavy atom. The second-order valence-electron chi connectivity index (χ2n) is 5.99. The largest absolute Gasteiger partial charge is 0.334 e. The van der Waals surface area contributed by atoms with E-state index in [0.29, 0.717) is 18.8 Å². The van der Waals surface area contributed by atoms with Crippen LogP contribution in [0.2, 0.25) is 0 Å². The Labute approximate surface area is 142 Å². The van der Waals surface area contributed by atoms with Crippen molar-refractivity contribution >= 4 is 17.6 Å². The third-order valence-electron chi connectivity index (χ3n) is 4.36. The Morgan fingerprint density at radius 3 is 2.58 bits per heavy atom. The fourth-order valence-corrected chi connectivity index (χ4v) is 2.87. The maximum absolute atomic E-state index is 13.0. The summed E-state index contributed by atoms with van der Waals surface area (Å²) in [5.41, 5.74) is 0.649. The monoisotopic (exact) mass is 337 g/mol. The Hall–Kier alpha value is -2.15. The van der Waals surface area contributed by atoms with Gasteiger partial charge in [-0.3, -0.25) is 4.79 Å². The maximum atomic E-state index is 13.0. The minimum Gasteiger partial charge on any atom is -0.334 e. The van der Waals surface area contributed by atoms with Crippen LogP contribution in [0.3, 0.4) is 0 Å². The quantitative estimate of drug-likeness (QED) is 0.663. The number of carbonyl (C=O) groups is 2. The summed E-state index contributed by atoms with van der Waals surface area (Å²) in [4.78, 5) is 27.0. The molecule has 1 aromatic carbocycles. The van der Waals surface area contributed by atoms with Gasteiger partial charge >= 0.3 is 6.03 Å². The molecule has 0 aliphatic carbocycles. The van der Waals surface area contributed by atoms with Crippen molar-refractivity contribution in [3.63, 3.8) is 0 Å². The molecule has 24 heavy (non-hydrogen) atoms. The van der Waals surface area contributed by atoms with Crippen LogP contribution < -0.4 is 20.4 Å². The summed E-state index contributed by atoms with van der Waals surface area (Å²) in [6.07, 6.45) is 0.256. The highest BCUT2D eigenvalue weighted by Gasteiger charge is 2.31. The van der Waals surface area contributed by atoms with Crippen molar-refractivity contribution in [2.75, 3.05) is 37.6 Å². The molecule has 0 saturated carbocycles. The van der Waals surface area contributed by atoms with Crippen molar-refractivity contribution in [3.05, 3.63) is 30.1 Å². The highest BCUT2D eigenvalue weighted by atomic mass is 19.1. The molecule has 0 bridgehead atoms. The number of hydrogen-bond acceptors (Lipinski definition) is 2. The second-order valence-corrected chi connectivity index (χ2v) is 5.99. The third kappa shape index (κ3) is 4.92. The second kappa shape index (κ2) is 8.63. The Balaban J connectivity index is 1.79. The van der Waals surface area contributed by atoms with Gasteiger partial charge < -0.3 is 20.4 Å². The normalized spacial score (nSPS) is 17.4. The van der Waals surface area contributed by atoms with Gasteiger partial charge in [0.05, 0.1) is 32.2 Å². The van der Waals surface area contributed by atoms with E-state index in [0.717, 1.165) is 19.6 Å². The number of anilines is 1. The van der Waals surface area contributed by atoms with Gasteiger partial charge in [0, 0.05) is 18.7 Å². The van der Waals surface area contributed by atoms with Crippen LogP contribution in [0.4, 0.5) is 14.9 Å². The van der Waals surface area contributed by atoms with Gasteiger partial charge in [0.25, 0.3) is 0 Å². The van der Waals surface area contributed by atoms with Crippen LogP contribution in [-0.4, -0.2) is 50.7 Å². The van der Waals surface area contributed by atoms with Crippen LogP contribution in [-0.2, 0) is 4.79 Å². The molecule has 1 saturated heterocycles. The van der Waals surface area contributed by atoms with E-state index in [-0.39, 0.29) is 30.2 Å². The summed E-state index contributed by atoms with van der Waals surface area (Å²) in [5.74, 6) is -0.408. The topological polar surface area (TPSA) is 65.9 Å². The van der Waals surface area contributed by atoms with Gasteiger partial charge in [0.1, 0.15) is 5.82 Å². The molecule has 1 heterocycles. The van der Waals surface area contributed by atoms with Gasteiger partial charge in [0.2, 0.25) is 5.91 Å². The third-order valence-corrected chi connectivity index (χ3v) is 4.36. The van der Waals surface area contributed by atoms with Crippen LogP contribution in [0, 0.1) is 5.82 Å². The smallest absolute Gasteiger partial charge is 0.315 e. The van der Waals surface area contributed by atoms with Crippen LogP contribution in [0.5, 0.6) is 0 Å². The van der Waals surface area contributed by atoms with Gasteiger partial charge in [-0.15, -0.1) is 0 Å². The zero-order valence-electron chi connectivity index (χ0n) is 14.3. The number of amides is 3. The first kappa shape index (κ1) is 18.2. The number of carbonyl (C=O) groups excluding carboxylic acids is 2. The molecule has 2 rings (SSSR count). The molecular formula is C17H26FN4O2+. The van der Waals surface area contributed by atoms with E-state index in [1.165, 1.54) is 17.0 Å². The number of quaternary nitrogens is 1. The fourth-order valence-electron chi connectivity index (χ4n) is 2.87. The number of halogens is 1. The van der Waals surface area contributed by atoms with Crippen molar-refractivity contribution in [1.29, 1.82) is 0 Å². The molecule has 0 unspecified atom stereocenters. The molecule has 132 valence electrons. The number of benzene rings is 1. The van der Waals surface area contributed by atoms with Gasteiger partial charge in [-0.25, -0.2) is 9.18 Å². The van der Waals surface area contributed by atoms with E-state index in [2.05, 4.69) is 24.5 Å². The van der Waals surface area contributed by atoms with Crippen molar-refractivity contribution in [1.82, 2.24) is 10.6 Å². The van der Waals surface area contributed by atoms with Gasteiger partial charge in [-0.2, -0.15) is 0 Å². The Morgan fingerprint density at radius 1 is 1.29 bits per heavy atom. The van der Waals surface area contributed by atoms with E-state index >= 15 is 0 Å². The molecule has 1 aliphatic rings. The summed E-state index contributed by atoms with van der Waals surface area (Å²) in [5, 5.41) is 5.67. The molecule has 1 aromatic rings.